The Balaban J connectivity index is 1.82. The molecule has 0 aliphatic rings. The minimum Gasteiger partial charge on any atom is -0.330 e. The molecular formula is C24H28N2. The van der Waals surface area contributed by atoms with E-state index in [0.717, 1.165) is 37.1 Å². The van der Waals surface area contributed by atoms with E-state index in [1.54, 1.807) is 0 Å². The van der Waals surface area contributed by atoms with E-state index in [1.807, 2.05) is 12.4 Å². The first kappa shape index (κ1) is 18.2. The zero-order chi connectivity index (χ0) is 18.2. The third-order valence-corrected chi connectivity index (χ3v) is 4.75. The lowest BCUT2D eigenvalue weighted by Crippen LogP contribution is -2.00. The van der Waals surface area contributed by atoms with Crippen LogP contribution in [-0.2, 0) is 6.54 Å². The van der Waals surface area contributed by atoms with Crippen molar-refractivity contribution in [1.29, 1.82) is 0 Å². The number of aromatic nitrogens is 2. The maximum atomic E-state index is 4.75. The van der Waals surface area contributed by atoms with Gasteiger partial charge in [0.2, 0.25) is 0 Å². The van der Waals surface area contributed by atoms with E-state index >= 15 is 0 Å². The minimum atomic E-state index is 0.967. The molecule has 0 fully saturated rings. The molecule has 0 N–H and O–H groups in total. The SMILES string of the molecule is C=C(CCCC)CCCn1cnc(-c2ccccc2)c1-c1ccccc1. The second-order valence-electron chi connectivity index (χ2n) is 6.82. The van der Waals surface area contributed by atoms with Gasteiger partial charge in [0.25, 0.3) is 0 Å². The summed E-state index contributed by atoms with van der Waals surface area (Å²) in [5, 5.41) is 0. The van der Waals surface area contributed by atoms with Gasteiger partial charge in [0.1, 0.15) is 0 Å². The van der Waals surface area contributed by atoms with Gasteiger partial charge in [-0.1, -0.05) is 86.2 Å². The van der Waals surface area contributed by atoms with Crippen molar-refractivity contribution in [2.24, 2.45) is 0 Å². The Morgan fingerprint density at radius 2 is 1.50 bits per heavy atom. The summed E-state index contributed by atoms with van der Waals surface area (Å²) in [6, 6.07) is 21.0. The monoisotopic (exact) mass is 344 g/mol. The van der Waals surface area contributed by atoms with Crippen LogP contribution in [-0.4, -0.2) is 9.55 Å². The van der Waals surface area contributed by atoms with Crippen molar-refractivity contribution in [3.05, 3.63) is 79.1 Å². The number of unbranched alkanes of at least 4 members (excludes halogenated alkanes) is 1. The van der Waals surface area contributed by atoms with Crippen LogP contribution in [0.25, 0.3) is 22.5 Å². The molecule has 0 aliphatic heterocycles. The molecule has 3 aromatic rings. The smallest absolute Gasteiger partial charge is 0.0963 e. The zero-order valence-electron chi connectivity index (χ0n) is 15.7. The molecule has 2 aromatic carbocycles. The summed E-state index contributed by atoms with van der Waals surface area (Å²) in [6.45, 7) is 7.43. The van der Waals surface area contributed by atoms with Gasteiger partial charge >= 0.3 is 0 Å². The Hall–Kier alpha value is -2.61. The fraction of sp³-hybridized carbons (Fsp3) is 0.292. The topological polar surface area (TPSA) is 17.8 Å². The average Bonchev–Trinajstić information content (AvgIpc) is 3.11. The van der Waals surface area contributed by atoms with Crippen LogP contribution in [0.3, 0.4) is 0 Å². The highest BCUT2D eigenvalue weighted by Gasteiger charge is 2.14. The first-order chi connectivity index (χ1) is 12.8. The lowest BCUT2D eigenvalue weighted by molar-refractivity contribution is 0.629. The fourth-order valence-electron chi connectivity index (χ4n) is 3.31. The molecule has 26 heavy (non-hydrogen) atoms. The summed E-state index contributed by atoms with van der Waals surface area (Å²) in [7, 11) is 0. The zero-order valence-corrected chi connectivity index (χ0v) is 15.7. The molecule has 0 amide bonds. The van der Waals surface area contributed by atoms with Crippen molar-refractivity contribution in [3.8, 4) is 22.5 Å². The molecule has 0 saturated carbocycles. The highest BCUT2D eigenvalue weighted by Crippen LogP contribution is 2.31. The fourth-order valence-corrected chi connectivity index (χ4v) is 3.31. The van der Waals surface area contributed by atoms with Gasteiger partial charge in [0, 0.05) is 17.7 Å². The Bertz CT molecular complexity index is 816. The third kappa shape index (κ3) is 4.51. The van der Waals surface area contributed by atoms with Crippen LogP contribution in [0, 0.1) is 0 Å². The summed E-state index contributed by atoms with van der Waals surface area (Å²) < 4.78 is 2.30. The van der Waals surface area contributed by atoms with Crippen molar-refractivity contribution in [3.63, 3.8) is 0 Å². The van der Waals surface area contributed by atoms with Gasteiger partial charge in [-0.2, -0.15) is 0 Å². The number of benzene rings is 2. The molecule has 2 nitrogen and oxygen atoms in total. The van der Waals surface area contributed by atoms with Crippen molar-refractivity contribution in [2.75, 3.05) is 0 Å². The van der Waals surface area contributed by atoms with Crippen LogP contribution in [0.15, 0.2) is 79.1 Å². The number of aryl methyl sites for hydroxylation is 1. The number of allylic oxidation sites excluding steroid dienone is 1. The first-order valence-corrected chi connectivity index (χ1v) is 9.62. The van der Waals surface area contributed by atoms with Gasteiger partial charge < -0.3 is 4.57 Å². The molecule has 0 bridgehead atoms. The summed E-state index contributed by atoms with van der Waals surface area (Å²) in [5.41, 5.74) is 6.01. The van der Waals surface area contributed by atoms with Crippen LogP contribution in [0.4, 0.5) is 0 Å². The van der Waals surface area contributed by atoms with Gasteiger partial charge in [0.05, 0.1) is 17.7 Å². The number of imidazole rings is 1. The molecule has 3 rings (SSSR count). The van der Waals surface area contributed by atoms with E-state index in [-0.39, 0.29) is 0 Å². The molecule has 134 valence electrons. The Morgan fingerprint density at radius 1 is 0.885 bits per heavy atom. The van der Waals surface area contributed by atoms with Gasteiger partial charge in [-0.3, -0.25) is 0 Å². The quantitative estimate of drug-likeness (QED) is 0.393. The number of rotatable bonds is 9. The normalized spacial score (nSPS) is 10.8. The predicted octanol–water partition coefficient (Wildman–Crippen LogP) is 6.74. The lowest BCUT2D eigenvalue weighted by Gasteiger charge is -2.11. The molecule has 0 radical (unpaired) electrons. The van der Waals surface area contributed by atoms with E-state index < -0.39 is 0 Å². The highest BCUT2D eigenvalue weighted by atomic mass is 15.1. The van der Waals surface area contributed by atoms with Crippen molar-refractivity contribution < 1.29 is 0 Å². The molecule has 0 saturated heterocycles. The van der Waals surface area contributed by atoms with Gasteiger partial charge in [-0.05, 0) is 25.7 Å². The van der Waals surface area contributed by atoms with Crippen molar-refractivity contribution in [2.45, 2.75) is 45.6 Å². The van der Waals surface area contributed by atoms with Crippen LogP contribution in [0.2, 0.25) is 0 Å². The van der Waals surface area contributed by atoms with Crippen LogP contribution < -0.4 is 0 Å². The Labute approximate surface area is 157 Å². The molecule has 1 heterocycles. The minimum absolute atomic E-state index is 0.967. The lowest BCUT2D eigenvalue weighted by atomic mass is 10.0. The van der Waals surface area contributed by atoms with Gasteiger partial charge in [-0.15, -0.1) is 0 Å². The molecule has 1 aromatic heterocycles. The first-order valence-electron chi connectivity index (χ1n) is 9.62. The summed E-state index contributed by atoms with van der Waals surface area (Å²) in [5.74, 6) is 0. The van der Waals surface area contributed by atoms with Crippen molar-refractivity contribution in [1.82, 2.24) is 9.55 Å². The summed E-state index contributed by atoms with van der Waals surface area (Å²) in [4.78, 5) is 4.75. The highest BCUT2D eigenvalue weighted by molar-refractivity contribution is 5.78. The largest absolute Gasteiger partial charge is 0.330 e. The maximum Gasteiger partial charge on any atom is 0.0963 e. The summed E-state index contributed by atoms with van der Waals surface area (Å²) >= 11 is 0. The van der Waals surface area contributed by atoms with E-state index in [4.69, 9.17) is 4.98 Å². The standard InChI is InChI=1S/C24H28N2/c1-3-4-12-20(2)13-11-18-26-19-25-23(21-14-7-5-8-15-21)24(26)22-16-9-6-10-17-22/h5-10,14-17,19H,2-4,11-13,18H2,1H3. The second-order valence-corrected chi connectivity index (χ2v) is 6.82. The number of nitrogens with zero attached hydrogens (tertiary/aromatic N) is 2. The predicted molar refractivity (Wildman–Crippen MR) is 111 cm³/mol. The molecule has 0 spiro atoms. The van der Waals surface area contributed by atoms with E-state index in [2.05, 4.69) is 72.7 Å². The van der Waals surface area contributed by atoms with Crippen LogP contribution in [0.1, 0.15) is 39.0 Å². The van der Waals surface area contributed by atoms with Gasteiger partial charge in [-0.25, -0.2) is 4.98 Å². The van der Waals surface area contributed by atoms with Crippen LogP contribution in [0.5, 0.6) is 0 Å². The van der Waals surface area contributed by atoms with Crippen LogP contribution >= 0.6 is 0 Å². The second kappa shape index (κ2) is 9.19. The van der Waals surface area contributed by atoms with E-state index in [0.29, 0.717) is 0 Å². The molecule has 0 unspecified atom stereocenters. The number of hydrogen-bond donors (Lipinski definition) is 0. The molecule has 0 atom stereocenters. The van der Waals surface area contributed by atoms with Crippen molar-refractivity contribution >= 4 is 0 Å². The maximum absolute atomic E-state index is 4.75. The number of hydrogen-bond acceptors (Lipinski definition) is 1. The molecular weight excluding hydrogens is 316 g/mol. The Kier molecular flexibility index (Phi) is 6.43. The Morgan fingerprint density at radius 3 is 2.15 bits per heavy atom. The summed E-state index contributed by atoms with van der Waals surface area (Å²) in [6.07, 6.45) is 7.82. The third-order valence-electron chi connectivity index (χ3n) is 4.75. The van der Waals surface area contributed by atoms with E-state index in [9.17, 15) is 0 Å². The molecule has 2 heteroatoms. The average molecular weight is 345 g/mol. The molecule has 0 aliphatic carbocycles. The van der Waals surface area contributed by atoms with Gasteiger partial charge in [0.15, 0.2) is 0 Å². The van der Waals surface area contributed by atoms with E-state index in [1.165, 1.54) is 29.7 Å².